The summed E-state index contributed by atoms with van der Waals surface area (Å²) in [5.74, 6) is 9.79. The van der Waals surface area contributed by atoms with Crippen molar-refractivity contribution in [2.45, 2.75) is 65.7 Å². The predicted octanol–water partition coefficient (Wildman–Crippen LogP) is 5.93. The molecule has 6 saturated carbocycles. The third-order valence-electron chi connectivity index (χ3n) is 11.7. The molecule has 24 heavy (non-hydrogen) atoms. The van der Waals surface area contributed by atoms with E-state index in [-0.39, 0.29) is 0 Å². The fourth-order valence-electron chi connectivity index (χ4n) is 11.4. The minimum absolute atomic E-state index is 0.580. The lowest BCUT2D eigenvalue weighted by molar-refractivity contribution is -0.0758. The molecule has 7 aliphatic carbocycles. The molecule has 7 aliphatic rings. The van der Waals surface area contributed by atoms with Crippen molar-refractivity contribution in [1.82, 2.24) is 0 Å². The highest BCUT2D eigenvalue weighted by molar-refractivity contribution is 5.26. The van der Waals surface area contributed by atoms with Gasteiger partial charge in [-0.1, -0.05) is 32.9 Å². The molecule has 0 amide bonds. The molecule has 0 aromatic heterocycles. The zero-order valence-electron chi connectivity index (χ0n) is 15.8. The second-order valence-electron chi connectivity index (χ2n) is 12.3. The molecule has 12 atom stereocenters. The quantitative estimate of drug-likeness (QED) is 0.383. The molecule has 0 saturated heterocycles. The summed E-state index contributed by atoms with van der Waals surface area (Å²) < 4.78 is 0. The SMILES string of the molecule is CC12C=CC(C1)C1CC3C4CC(C)(C3CC12)C1C4C2CCC1(C)C2. The van der Waals surface area contributed by atoms with Crippen LogP contribution >= 0.6 is 0 Å². The number of hydrogen-bond acceptors (Lipinski definition) is 0. The van der Waals surface area contributed by atoms with Gasteiger partial charge in [0, 0.05) is 0 Å². The zero-order valence-corrected chi connectivity index (χ0v) is 15.8. The standard InChI is InChI=1S/C24H34/c1-22-6-4-13(10-22)15-8-16-17-12-24(3,19(16)9-18(15)22)21-20(17)14-5-7-23(21,2)11-14/h4,6,13-21H,5,7-12H2,1-3H3. The van der Waals surface area contributed by atoms with Crippen molar-refractivity contribution < 1.29 is 0 Å². The lowest BCUT2D eigenvalue weighted by Crippen LogP contribution is -2.50. The van der Waals surface area contributed by atoms with Crippen molar-refractivity contribution >= 4 is 0 Å². The van der Waals surface area contributed by atoms with E-state index in [1.807, 2.05) is 0 Å². The summed E-state index contributed by atoms with van der Waals surface area (Å²) in [6.07, 6.45) is 16.3. The summed E-state index contributed by atoms with van der Waals surface area (Å²) in [4.78, 5) is 0. The number of rotatable bonds is 0. The Morgan fingerprint density at radius 1 is 0.875 bits per heavy atom. The van der Waals surface area contributed by atoms with E-state index in [0.717, 1.165) is 64.1 Å². The molecule has 0 nitrogen and oxygen atoms in total. The van der Waals surface area contributed by atoms with Gasteiger partial charge >= 0.3 is 0 Å². The van der Waals surface area contributed by atoms with Crippen LogP contribution in [-0.2, 0) is 0 Å². The van der Waals surface area contributed by atoms with Gasteiger partial charge in [0.25, 0.3) is 0 Å². The van der Waals surface area contributed by atoms with Gasteiger partial charge in [-0.25, -0.2) is 0 Å². The minimum Gasteiger partial charge on any atom is -0.0845 e. The number of fused-ring (bicyclic) bond motifs is 17. The molecule has 12 unspecified atom stereocenters. The first-order valence-electron chi connectivity index (χ1n) is 11.1. The second kappa shape index (κ2) is 3.72. The molecular weight excluding hydrogens is 288 g/mol. The first-order chi connectivity index (χ1) is 11.4. The van der Waals surface area contributed by atoms with Crippen LogP contribution in [-0.4, -0.2) is 0 Å². The van der Waals surface area contributed by atoms with Crippen molar-refractivity contribution in [1.29, 1.82) is 0 Å². The molecule has 130 valence electrons. The van der Waals surface area contributed by atoms with Crippen molar-refractivity contribution in [3.05, 3.63) is 12.2 Å². The van der Waals surface area contributed by atoms with E-state index in [0.29, 0.717) is 5.41 Å². The van der Waals surface area contributed by atoms with E-state index in [2.05, 4.69) is 32.9 Å². The maximum absolute atomic E-state index is 2.78. The van der Waals surface area contributed by atoms with E-state index < -0.39 is 0 Å². The highest BCUT2D eigenvalue weighted by Crippen LogP contribution is 2.82. The fraction of sp³-hybridized carbons (Fsp3) is 0.917. The predicted molar refractivity (Wildman–Crippen MR) is 97.2 cm³/mol. The van der Waals surface area contributed by atoms with Gasteiger partial charge in [0.2, 0.25) is 0 Å². The van der Waals surface area contributed by atoms with Crippen LogP contribution in [0, 0.1) is 69.5 Å². The molecule has 6 fully saturated rings. The minimum atomic E-state index is 0.580. The Kier molecular flexibility index (Phi) is 2.15. The Morgan fingerprint density at radius 2 is 1.75 bits per heavy atom. The summed E-state index contributed by atoms with van der Waals surface area (Å²) >= 11 is 0. The van der Waals surface area contributed by atoms with Crippen LogP contribution in [0.1, 0.15) is 65.7 Å². The van der Waals surface area contributed by atoms with Crippen molar-refractivity contribution in [3.8, 4) is 0 Å². The smallest absolute Gasteiger partial charge is 0.0110 e. The van der Waals surface area contributed by atoms with Gasteiger partial charge in [-0.15, -0.1) is 0 Å². The molecular formula is C24H34. The van der Waals surface area contributed by atoms with Gasteiger partial charge in [0.05, 0.1) is 0 Å². The highest BCUT2D eigenvalue weighted by atomic mass is 14.8. The Morgan fingerprint density at radius 3 is 2.62 bits per heavy atom. The first-order valence-corrected chi connectivity index (χ1v) is 11.1. The maximum Gasteiger partial charge on any atom is -0.0110 e. The molecule has 6 bridgehead atoms. The van der Waals surface area contributed by atoms with Crippen LogP contribution in [0.4, 0.5) is 0 Å². The second-order valence-corrected chi connectivity index (χ2v) is 12.3. The lowest BCUT2D eigenvalue weighted by atomic mass is 9.48. The zero-order chi connectivity index (χ0) is 16.1. The summed E-state index contributed by atoms with van der Waals surface area (Å²) in [6.45, 7) is 8.09. The van der Waals surface area contributed by atoms with Crippen LogP contribution in [0.15, 0.2) is 12.2 Å². The number of allylic oxidation sites excluding steroid dienone is 2. The third-order valence-corrected chi connectivity index (χ3v) is 11.7. The molecule has 0 heterocycles. The molecule has 0 spiro atoms. The van der Waals surface area contributed by atoms with Gasteiger partial charge in [0.15, 0.2) is 0 Å². The van der Waals surface area contributed by atoms with Gasteiger partial charge < -0.3 is 0 Å². The van der Waals surface area contributed by atoms with E-state index in [4.69, 9.17) is 0 Å². The lowest BCUT2D eigenvalue weighted by Gasteiger charge is -2.56. The highest BCUT2D eigenvalue weighted by Gasteiger charge is 2.75. The van der Waals surface area contributed by atoms with Gasteiger partial charge in [-0.3, -0.25) is 0 Å². The number of hydrogen-bond donors (Lipinski definition) is 0. The molecule has 0 N–H and O–H groups in total. The summed E-state index contributed by atoms with van der Waals surface area (Å²) in [5.41, 5.74) is 2.03. The van der Waals surface area contributed by atoms with E-state index in [1.165, 1.54) is 6.42 Å². The van der Waals surface area contributed by atoms with E-state index in [9.17, 15) is 0 Å². The Bertz CT molecular complexity index is 661. The Labute approximate surface area is 147 Å². The molecule has 7 rings (SSSR count). The molecule has 0 aromatic carbocycles. The van der Waals surface area contributed by atoms with Crippen LogP contribution in [0.3, 0.4) is 0 Å². The normalized spacial score (nSPS) is 73.2. The largest absolute Gasteiger partial charge is 0.0845 e. The molecule has 0 aliphatic heterocycles. The first kappa shape index (κ1) is 13.9. The fourth-order valence-corrected chi connectivity index (χ4v) is 11.4. The topological polar surface area (TPSA) is 0 Å². The molecule has 0 heteroatoms. The average molecular weight is 323 g/mol. The van der Waals surface area contributed by atoms with Crippen LogP contribution in [0.25, 0.3) is 0 Å². The van der Waals surface area contributed by atoms with Crippen molar-refractivity contribution in [2.75, 3.05) is 0 Å². The van der Waals surface area contributed by atoms with Crippen molar-refractivity contribution in [2.24, 2.45) is 69.5 Å². The summed E-state index contributed by atoms with van der Waals surface area (Å²) in [7, 11) is 0. The third kappa shape index (κ3) is 1.24. The van der Waals surface area contributed by atoms with Crippen LogP contribution in [0.5, 0.6) is 0 Å². The molecule has 0 aromatic rings. The average Bonchev–Trinajstić information content (AvgIpc) is 3.32. The monoisotopic (exact) mass is 322 g/mol. The van der Waals surface area contributed by atoms with Gasteiger partial charge in [0.1, 0.15) is 0 Å². The summed E-state index contributed by atoms with van der Waals surface area (Å²) in [5, 5.41) is 0. The van der Waals surface area contributed by atoms with Gasteiger partial charge in [-0.05, 0) is 114 Å². The maximum atomic E-state index is 2.78. The Balaban J connectivity index is 1.31. The van der Waals surface area contributed by atoms with E-state index in [1.54, 1.807) is 38.5 Å². The van der Waals surface area contributed by atoms with Crippen LogP contribution in [0.2, 0.25) is 0 Å². The van der Waals surface area contributed by atoms with Crippen LogP contribution < -0.4 is 0 Å². The van der Waals surface area contributed by atoms with Gasteiger partial charge in [-0.2, -0.15) is 0 Å². The molecule has 0 radical (unpaired) electrons. The van der Waals surface area contributed by atoms with E-state index >= 15 is 0 Å². The van der Waals surface area contributed by atoms with Crippen molar-refractivity contribution in [3.63, 3.8) is 0 Å². The summed E-state index contributed by atoms with van der Waals surface area (Å²) in [6, 6.07) is 0. The Hall–Kier alpha value is -0.260.